The first-order valence-corrected chi connectivity index (χ1v) is 6.39. The Hall–Kier alpha value is -0.650. The SMILES string of the molecule is CNC(=O)CC(CN)N1CCC(N(C)C)CC1. The number of hydrogen-bond acceptors (Lipinski definition) is 4. The fraction of sp³-hybridized carbons (Fsp3) is 0.917. The maximum absolute atomic E-state index is 11.4. The Morgan fingerprint density at radius 3 is 2.47 bits per heavy atom. The number of carbonyl (C=O) groups excluding carboxylic acids is 1. The summed E-state index contributed by atoms with van der Waals surface area (Å²) in [7, 11) is 5.94. The highest BCUT2D eigenvalue weighted by molar-refractivity contribution is 5.76. The average molecular weight is 242 g/mol. The maximum Gasteiger partial charge on any atom is 0.221 e. The van der Waals surface area contributed by atoms with Crippen LogP contribution in [0.25, 0.3) is 0 Å². The van der Waals surface area contributed by atoms with Crippen molar-refractivity contribution in [2.45, 2.75) is 31.3 Å². The normalized spacial score (nSPS) is 20.5. The van der Waals surface area contributed by atoms with Gasteiger partial charge in [0.25, 0.3) is 0 Å². The van der Waals surface area contributed by atoms with Crippen molar-refractivity contribution in [1.82, 2.24) is 15.1 Å². The summed E-state index contributed by atoms with van der Waals surface area (Å²) in [5.41, 5.74) is 5.77. The lowest BCUT2D eigenvalue weighted by atomic mass is 10.0. The molecular formula is C12H26N4O. The summed E-state index contributed by atoms with van der Waals surface area (Å²) in [6, 6.07) is 0.864. The molecule has 0 saturated carbocycles. The molecule has 1 aliphatic heterocycles. The van der Waals surface area contributed by atoms with Crippen LogP contribution < -0.4 is 11.1 Å². The van der Waals surface area contributed by atoms with E-state index in [2.05, 4.69) is 29.2 Å². The molecule has 1 fully saturated rings. The van der Waals surface area contributed by atoms with Crippen molar-refractivity contribution in [2.75, 3.05) is 40.8 Å². The predicted molar refractivity (Wildman–Crippen MR) is 69.8 cm³/mol. The largest absolute Gasteiger partial charge is 0.359 e. The summed E-state index contributed by atoms with van der Waals surface area (Å²) < 4.78 is 0. The number of piperidine rings is 1. The molecule has 17 heavy (non-hydrogen) atoms. The Balaban J connectivity index is 2.42. The summed E-state index contributed by atoms with van der Waals surface area (Å²) in [6.45, 7) is 2.64. The molecule has 1 aliphatic rings. The van der Waals surface area contributed by atoms with E-state index in [9.17, 15) is 4.79 Å². The second-order valence-electron chi connectivity index (χ2n) is 5.00. The van der Waals surface area contributed by atoms with E-state index >= 15 is 0 Å². The van der Waals surface area contributed by atoms with Crippen molar-refractivity contribution >= 4 is 5.91 Å². The van der Waals surface area contributed by atoms with Gasteiger partial charge in [0.05, 0.1) is 0 Å². The molecule has 100 valence electrons. The van der Waals surface area contributed by atoms with Crippen molar-refractivity contribution in [2.24, 2.45) is 5.73 Å². The van der Waals surface area contributed by atoms with E-state index < -0.39 is 0 Å². The minimum atomic E-state index is 0.0789. The van der Waals surface area contributed by atoms with Crippen molar-refractivity contribution < 1.29 is 4.79 Å². The van der Waals surface area contributed by atoms with Crippen molar-refractivity contribution in [1.29, 1.82) is 0 Å². The van der Waals surface area contributed by atoms with Crippen LogP contribution in [0.4, 0.5) is 0 Å². The zero-order chi connectivity index (χ0) is 12.8. The minimum Gasteiger partial charge on any atom is -0.359 e. The number of carbonyl (C=O) groups is 1. The van der Waals surface area contributed by atoms with Gasteiger partial charge >= 0.3 is 0 Å². The van der Waals surface area contributed by atoms with Crippen LogP contribution in [0.2, 0.25) is 0 Å². The molecule has 1 heterocycles. The van der Waals surface area contributed by atoms with Crippen molar-refractivity contribution in [3.63, 3.8) is 0 Å². The molecular weight excluding hydrogens is 216 g/mol. The molecule has 0 spiro atoms. The maximum atomic E-state index is 11.4. The second kappa shape index (κ2) is 6.93. The van der Waals surface area contributed by atoms with Gasteiger partial charge in [-0.2, -0.15) is 0 Å². The van der Waals surface area contributed by atoms with Crippen molar-refractivity contribution in [3.8, 4) is 0 Å². The van der Waals surface area contributed by atoms with Gasteiger partial charge < -0.3 is 16.0 Å². The van der Waals surface area contributed by atoms with Gasteiger partial charge in [0, 0.05) is 32.1 Å². The molecule has 0 aliphatic carbocycles. The summed E-state index contributed by atoms with van der Waals surface area (Å²) in [5.74, 6) is 0.0789. The first-order chi connectivity index (χ1) is 8.08. The first kappa shape index (κ1) is 14.4. The molecule has 1 atom stereocenters. The molecule has 0 bridgehead atoms. The van der Waals surface area contributed by atoms with Gasteiger partial charge in [0.1, 0.15) is 0 Å². The van der Waals surface area contributed by atoms with E-state index in [1.165, 1.54) is 0 Å². The second-order valence-corrected chi connectivity index (χ2v) is 5.00. The predicted octanol–water partition coefficient (Wildman–Crippen LogP) is -0.524. The van der Waals surface area contributed by atoms with Crippen LogP contribution >= 0.6 is 0 Å². The molecule has 1 amide bonds. The number of nitrogens with zero attached hydrogens (tertiary/aromatic N) is 2. The highest BCUT2D eigenvalue weighted by atomic mass is 16.1. The highest BCUT2D eigenvalue weighted by Crippen LogP contribution is 2.17. The quantitative estimate of drug-likeness (QED) is 0.681. The third-order valence-electron chi connectivity index (χ3n) is 3.72. The van der Waals surface area contributed by atoms with Gasteiger partial charge in [-0.15, -0.1) is 0 Å². The Kier molecular flexibility index (Phi) is 5.88. The lowest BCUT2D eigenvalue weighted by molar-refractivity contribution is -0.121. The number of amides is 1. The lowest BCUT2D eigenvalue weighted by Crippen LogP contribution is -2.50. The molecule has 1 saturated heterocycles. The van der Waals surface area contributed by atoms with E-state index in [1.807, 2.05) is 0 Å². The van der Waals surface area contributed by atoms with Crippen LogP contribution in [0.5, 0.6) is 0 Å². The fourth-order valence-electron chi connectivity index (χ4n) is 2.44. The summed E-state index contributed by atoms with van der Waals surface area (Å²) in [4.78, 5) is 16.0. The summed E-state index contributed by atoms with van der Waals surface area (Å²) >= 11 is 0. The third kappa shape index (κ3) is 4.26. The minimum absolute atomic E-state index is 0.0789. The Morgan fingerprint density at radius 2 is 2.06 bits per heavy atom. The topological polar surface area (TPSA) is 61.6 Å². The molecule has 5 nitrogen and oxygen atoms in total. The van der Waals surface area contributed by atoms with E-state index in [-0.39, 0.29) is 11.9 Å². The number of likely N-dealkylation sites (tertiary alicyclic amines) is 1. The third-order valence-corrected chi connectivity index (χ3v) is 3.72. The molecule has 0 aromatic rings. The molecule has 0 aromatic carbocycles. The Morgan fingerprint density at radius 1 is 1.47 bits per heavy atom. The molecule has 3 N–H and O–H groups in total. The summed E-state index contributed by atoms with van der Waals surface area (Å²) in [5, 5.41) is 2.67. The number of nitrogens with one attached hydrogen (secondary N) is 1. The smallest absolute Gasteiger partial charge is 0.221 e. The standard InChI is InChI=1S/C12H26N4O/c1-14-12(17)8-11(9-13)16-6-4-10(5-7-16)15(2)3/h10-11H,4-9,13H2,1-3H3,(H,14,17). The number of rotatable bonds is 5. The van der Waals surface area contributed by atoms with Gasteiger partial charge in [0.2, 0.25) is 5.91 Å². The van der Waals surface area contributed by atoms with E-state index in [0.717, 1.165) is 25.9 Å². The molecule has 0 aromatic heterocycles. The fourth-order valence-corrected chi connectivity index (χ4v) is 2.44. The van der Waals surface area contributed by atoms with Crippen LogP contribution in [0.1, 0.15) is 19.3 Å². The Labute approximate surface area is 104 Å². The van der Waals surface area contributed by atoms with Gasteiger partial charge in [0.15, 0.2) is 0 Å². The van der Waals surface area contributed by atoms with E-state index in [0.29, 0.717) is 19.0 Å². The van der Waals surface area contributed by atoms with Crippen LogP contribution in [-0.2, 0) is 4.79 Å². The van der Waals surface area contributed by atoms with Crippen LogP contribution in [0, 0.1) is 0 Å². The van der Waals surface area contributed by atoms with Crippen molar-refractivity contribution in [3.05, 3.63) is 0 Å². The monoisotopic (exact) mass is 242 g/mol. The number of hydrogen-bond donors (Lipinski definition) is 2. The molecule has 0 radical (unpaired) electrons. The van der Waals surface area contributed by atoms with Gasteiger partial charge in [-0.05, 0) is 40.0 Å². The van der Waals surface area contributed by atoms with E-state index in [1.54, 1.807) is 7.05 Å². The zero-order valence-corrected chi connectivity index (χ0v) is 11.3. The zero-order valence-electron chi connectivity index (χ0n) is 11.3. The lowest BCUT2D eigenvalue weighted by Gasteiger charge is -2.39. The van der Waals surface area contributed by atoms with Crippen LogP contribution in [0.15, 0.2) is 0 Å². The van der Waals surface area contributed by atoms with Gasteiger partial charge in [-0.3, -0.25) is 9.69 Å². The van der Waals surface area contributed by atoms with Crippen LogP contribution in [-0.4, -0.2) is 68.6 Å². The summed E-state index contributed by atoms with van der Waals surface area (Å²) in [6.07, 6.45) is 2.84. The van der Waals surface area contributed by atoms with Gasteiger partial charge in [-0.25, -0.2) is 0 Å². The Bertz CT molecular complexity index is 237. The highest BCUT2D eigenvalue weighted by Gasteiger charge is 2.26. The van der Waals surface area contributed by atoms with E-state index in [4.69, 9.17) is 5.73 Å². The van der Waals surface area contributed by atoms with Gasteiger partial charge in [-0.1, -0.05) is 0 Å². The number of nitrogens with two attached hydrogens (primary N) is 1. The molecule has 1 unspecified atom stereocenters. The first-order valence-electron chi connectivity index (χ1n) is 6.39. The molecule has 1 rings (SSSR count). The average Bonchev–Trinajstić information content (AvgIpc) is 2.35. The molecule has 5 heteroatoms. The van der Waals surface area contributed by atoms with Crippen LogP contribution in [0.3, 0.4) is 0 Å².